The van der Waals surface area contributed by atoms with Crippen LogP contribution in [0.2, 0.25) is 0 Å². The van der Waals surface area contributed by atoms with E-state index >= 15 is 0 Å². The fourth-order valence-electron chi connectivity index (χ4n) is 2.66. The highest BCUT2D eigenvalue weighted by Gasteiger charge is 2.09. The largest absolute Gasteiger partial charge is 0.389 e. The summed E-state index contributed by atoms with van der Waals surface area (Å²) in [6, 6.07) is 0. The van der Waals surface area contributed by atoms with Crippen LogP contribution >= 0.6 is 0 Å². The van der Waals surface area contributed by atoms with Crippen molar-refractivity contribution >= 4 is 10.1 Å². The van der Waals surface area contributed by atoms with E-state index in [2.05, 4.69) is 24.5 Å². The van der Waals surface area contributed by atoms with Crippen LogP contribution in [0, 0.1) is 5.92 Å². The Kier molecular flexibility index (Phi) is 18.2. The fourth-order valence-corrected chi connectivity index (χ4v) is 3.15. The molecule has 0 aromatic heterocycles. The maximum Gasteiger partial charge on any atom is 0.264 e. The van der Waals surface area contributed by atoms with E-state index in [1.165, 1.54) is 19.3 Å². The average Bonchev–Trinajstić information content (AvgIpc) is 2.66. The van der Waals surface area contributed by atoms with Crippen molar-refractivity contribution < 1.29 is 32.7 Å². The third kappa shape index (κ3) is 20.7. The predicted molar refractivity (Wildman–Crippen MR) is 114 cm³/mol. The van der Waals surface area contributed by atoms with Crippen LogP contribution in [0.15, 0.2) is 0 Å². The van der Waals surface area contributed by atoms with Gasteiger partial charge in [-0.05, 0) is 18.8 Å². The van der Waals surface area contributed by atoms with Gasteiger partial charge in [-0.2, -0.15) is 8.42 Å². The lowest BCUT2D eigenvalue weighted by atomic mass is 10.0. The Bertz CT molecular complexity index is 465. The van der Waals surface area contributed by atoms with Crippen molar-refractivity contribution in [3.05, 3.63) is 0 Å². The quantitative estimate of drug-likeness (QED) is 0.126. The van der Waals surface area contributed by atoms with Gasteiger partial charge in [-0.3, -0.25) is 4.55 Å². The maximum atomic E-state index is 10.5. The van der Waals surface area contributed by atoms with Crippen molar-refractivity contribution in [2.75, 3.05) is 58.4 Å². The van der Waals surface area contributed by atoms with Crippen molar-refractivity contribution in [2.24, 2.45) is 5.92 Å². The lowest BCUT2D eigenvalue weighted by Crippen LogP contribution is -2.38. The molecule has 29 heavy (non-hydrogen) atoms. The Hall–Kier alpha value is -0.330. The highest BCUT2D eigenvalue weighted by Crippen LogP contribution is 2.12. The van der Waals surface area contributed by atoms with Crippen molar-refractivity contribution in [3.63, 3.8) is 0 Å². The SMILES string of the molecule is CCCCC(CC)COCC(O)CNCCNCC(O)COCCCS(=O)(=O)O. The third-order valence-corrected chi connectivity index (χ3v) is 5.25. The van der Waals surface area contributed by atoms with Crippen LogP contribution in [-0.4, -0.2) is 93.8 Å². The summed E-state index contributed by atoms with van der Waals surface area (Å²) in [5.74, 6) is 0.222. The van der Waals surface area contributed by atoms with Gasteiger partial charge in [-0.15, -0.1) is 0 Å². The zero-order chi connectivity index (χ0) is 22.0. The van der Waals surface area contributed by atoms with Gasteiger partial charge in [0, 0.05) is 39.4 Å². The molecule has 10 heteroatoms. The first-order chi connectivity index (χ1) is 13.8. The van der Waals surface area contributed by atoms with Crippen LogP contribution < -0.4 is 10.6 Å². The summed E-state index contributed by atoms with van der Waals surface area (Å²) >= 11 is 0. The zero-order valence-corrected chi connectivity index (χ0v) is 18.8. The summed E-state index contributed by atoms with van der Waals surface area (Å²) in [6.45, 7) is 7.71. The summed E-state index contributed by atoms with van der Waals surface area (Å²) in [6.07, 6.45) is 3.63. The van der Waals surface area contributed by atoms with Gasteiger partial charge in [0.05, 0.1) is 31.2 Å². The highest BCUT2D eigenvalue weighted by atomic mass is 32.2. The number of nitrogens with one attached hydrogen (secondary N) is 2. The number of hydrogen-bond donors (Lipinski definition) is 5. The number of aliphatic hydroxyl groups excluding tert-OH is 2. The van der Waals surface area contributed by atoms with E-state index in [0.717, 1.165) is 6.42 Å². The molecule has 3 atom stereocenters. The lowest BCUT2D eigenvalue weighted by Gasteiger charge is -2.17. The second-order valence-electron chi connectivity index (χ2n) is 7.38. The predicted octanol–water partition coefficient (Wildman–Crippen LogP) is 0.415. The molecular weight excluding hydrogens is 400 g/mol. The second kappa shape index (κ2) is 18.4. The Morgan fingerprint density at radius 1 is 0.897 bits per heavy atom. The first-order valence-electron chi connectivity index (χ1n) is 10.7. The zero-order valence-electron chi connectivity index (χ0n) is 18.0. The smallest absolute Gasteiger partial charge is 0.264 e. The monoisotopic (exact) mass is 442 g/mol. The van der Waals surface area contributed by atoms with Gasteiger partial charge in [-0.25, -0.2) is 0 Å². The summed E-state index contributed by atoms with van der Waals surface area (Å²) in [4.78, 5) is 0. The topological polar surface area (TPSA) is 137 Å². The standard InChI is InChI=1S/C19H42N2O7S/c1-3-5-7-17(4-2)14-28-16-19(23)13-21-9-8-20-12-18(22)15-27-10-6-11-29(24,25)26/h17-23H,3-16H2,1-2H3,(H,24,25,26). The van der Waals surface area contributed by atoms with E-state index < -0.39 is 22.3 Å². The van der Waals surface area contributed by atoms with E-state index in [9.17, 15) is 18.6 Å². The van der Waals surface area contributed by atoms with Crippen LogP contribution in [-0.2, 0) is 19.6 Å². The molecule has 0 aliphatic heterocycles. The Morgan fingerprint density at radius 2 is 1.48 bits per heavy atom. The molecule has 5 N–H and O–H groups in total. The molecular formula is C19H42N2O7S. The molecule has 3 unspecified atom stereocenters. The normalized spacial score (nSPS) is 15.3. The van der Waals surface area contributed by atoms with E-state index in [-0.39, 0.29) is 25.4 Å². The minimum atomic E-state index is -3.96. The minimum Gasteiger partial charge on any atom is -0.389 e. The van der Waals surface area contributed by atoms with Crippen LogP contribution in [0.5, 0.6) is 0 Å². The Labute approximate surface area is 176 Å². The molecule has 0 heterocycles. The van der Waals surface area contributed by atoms with Crippen molar-refractivity contribution in [3.8, 4) is 0 Å². The van der Waals surface area contributed by atoms with Gasteiger partial charge >= 0.3 is 0 Å². The first kappa shape index (κ1) is 28.7. The average molecular weight is 443 g/mol. The molecule has 0 saturated carbocycles. The molecule has 0 spiro atoms. The maximum absolute atomic E-state index is 10.5. The Morgan fingerprint density at radius 3 is 2.00 bits per heavy atom. The van der Waals surface area contributed by atoms with Gasteiger partial charge in [0.25, 0.3) is 10.1 Å². The summed E-state index contributed by atoms with van der Waals surface area (Å²) in [7, 11) is -3.96. The third-order valence-electron chi connectivity index (χ3n) is 4.45. The van der Waals surface area contributed by atoms with Gasteiger partial charge in [-0.1, -0.05) is 33.1 Å². The molecule has 0 amide bonds. The number of rotatable bonds is 21. The van der Waals surface area contributed by atoms with E-state index in [0.29, 0.717) is 45.3 Å². The molecule has 9 nitrogen and oxygen atoms in total. The number of hydrogen-bond acceptors (Lipinski definition) is 8. The molecule has 176 valence electrons. The van der Waals surface area contributed by atoms with Crippen LogP contribution in [0.1, 0.15) is 46.0 Å². The van der Waals surface area contributed by atoms with Gasteiger partial charge in [0.1, 0.15) is 0 Å². The molecule has 0 aromatic carbocycles. The van der Waals surface area contributed by atoms with Gasteiger partial charge in [0.2, 0.25) is 0 Å². The minimum absolute atomic E-state index is 0.0962. The molecule has 0 rings (SSSR count). The van der Waals surface area contributed by atoms with Crippen LogP contribution in [0.3, 0.4) is 0 Å². The molecule has 0 aliphatic carbocycles. The molecule has 0 radical (unpaired) electrons. The first-order valence-corrected chi connectivity index (χ1v) is 12.3. The number of aliphatic hydroxyl groups is 2. The van der Waals surface area contributed by atoms with Crippen molar-refractivity contribution in [1.29, 1.82) is 0 Å². The number of ether oxygens (including phenoxy) is 2. The van der Waals surface area contributed by atoms with Gasteiger partial charge < -0.3 is 30.3 Å². The highest BCUT2D eigenvalue weighted by molar-refractivity contribution is 7.85. The summed E-state index contributed by atoms with van der Waals surface area (Å²) in [5, 5.41) is 25.9. The van der Waals surface area contributed by atoms with Crippen LogP contribution in [0.25, 0.3) is 0 Å². The fraction of sp³-hybridized carbons (Fsp3) is 1.00. The van der Waals surface area contributed by atoms with Crippen molar-refractivity contribution in [2.45, 2.75) is 58.2 Å². The lowest BCUT2D eigenvalue weighted by molar-refractivity contribution is 0.0193. The van der Waals surface area contributed by atoms with E-state index in [4.69, 9.17) is 14.0 Å². The Balaban J connectivity index is 3.49. The van der Waals surface area contributed by atoms with E-state index in [1.54, 1.807) is 0 Å². The summed E-state index contributed by atoms with van der Waals surface area (Å²) < 4.78 is 40.4. The molecule has 0 aromatic rings. The number of unbranched alkanes of at least 4 members (excludes halogenated alkanes) is 1. The second-order valence-corrected chi connectivity index (χ2v) is 8.96. The molecule has 0 fully saturated rings. The molecule has 0 bridgehead atoms. The summed E-state index contributed by atoms with van der Waals surface area (Å²) in [5.41, 5.74) is 0. The van der Waals surface area contributed by atoms with Crippen molar-refractivity contribution in [1.82, 2.24) is 10.6 Å². The van der Waals surface area contributed by atoms with Gasteiger partial charge in [0.15, 0.2) is 0 Å². The molecule has 0 aliphatic rings. The van der Waals surface area contributed by atoms with E-state index in [1.807, 2.05) is 0 Å². The van der Waals surface area contributed by atoms with Crippen LogP contribution in [0.4, 0.5) is 0 Å². The molecule has 0 saturated heterocycles.